The first kappa shape index (κ1) is 10.7. The van der Waals surface area contributed by atoms with Crippen molar-refractivity contribution in [2.45, 2.75) is 44.6 Å². The lowest BCUT2D eigenvalue weighted by Gasteiger charge is -2.17. The van der Waals surface area contributed by atoms with E-state index >= 15 is 0 Å². The van der Waals surface area contributed by atoms with Crippen molar-refractivity contribution in [3.8, 4) is 0 Å². The molecule has 0 aromatic carbocycles. The summed E-state index contributed by atoms with van der Waals surface area (Å²) in [6.45, 7) is 11.3. The molecule has 0 atom stereocenters. The van der Waals surface area contributed by atoms with Crippen LogP contribution in [-0.4, -0.2) is 15.1 Å². The lowest BCUT2D eigenvalue weighted by Crippen LogP contribution is -2.07. The van der Waals surface area contributed by atoms with Gasteiger partial charge in [-0.2, -0.15) is 0 Å². The maximum atomic E-state index is 2.26. The maximum Gasteiger partial charge on any atom is 0.0399 e. The van der Waals surface area contributed by atoms with Crippen molar-refractivity contribution in [3.05, 3.63) is 0 Å². The van der Waals surface area contributed by atoms with E-state index in [1.165, 1.54) is 5.08 Å². The molecule has 0 spiro atoms. The summed E-state index contributed by atoms with van der Waals surface area (Å²) in [5.41, 5.74) is 0. The van der Waals surface area contributed by atoms with E-state index < -0.39 is 0 Å². The van der Waals surface area contributed by atoms with Crippen LogP contribution < -0.4 is 0 Å². The van der Waals surface area contributed by atoms with Crippen LogP contribution in [0.1, 0.15) is 34.6 Å². The summed E-state index contributed by atoms with van der Waals surface area (Å²) in [6.07, 6.45) is 0. The van der Waals surface area contributed by atoms with E-state index in [-0.39, 0.29) is 0 Å². The van der Waals surface area contributed by atoms with Gasteiger partial charge in [-0.25, -0.2) is 0 Å². The van der Waals surface area contributed by atoms with Crippen LogP contribution >= 0.6 is 23.5 Å². The highest BCUT2D eigenvalue weighted by atomic mass is 32.2. The molecule has 0 bridgehead atoms. The maximum absolute atomic E-state index is 2.26. The van der Waals surface area contributed by atoms with Crippen LogP contribution in [0.3, 0.4) is 0 Å². The first-order valence-electron chi connectivity index (χ1n) is 3.67. The lowest BCUT2D eigenvalue weighted by molar-refractivity contribution is 0.805. The molecule has 0 aromatic rings. The van der Waals surface area contributed by atoms with Gasteiger partial charge in [-0.3, -0.25) is 0 Å². The van der Waals surface area contributed by atoms with E-state index in [4.69, 9.17) is 0 Å². The average Bonchev–Trinajstić information content (AvgIpc) is 1.59. The summed E-state index contributed by atoms with van der Waals surface area (Å²) in [4.78, 5) is 0. The highest BCUT2D eigenvalue weighted by Gasteiger charge is 2.09. The highest BCUT2D eigenvalue weighted by molar-refractivity contribution is 8.16. The molecule has 62 valence electrons. The summed E-state index contributed by atoms with van der Waals surface area (Å²) in [5.74, 6) is 0. The SMILES string of the molecule is CC(C)SCSC(C)(C)C. The third-order valence-corrected chi connectivity index (χ3v) is 3.44. The van der Waals surface area contributed by atoms with Crippen molar-refractivity contribution in [3.63, 3.8) is 0 Å². The van der Waals surface area contributed by atoms with Gasteiger partial charge in [0.2, 0.25) is 0 Å². The molecule has 0 nitrogen and oxygen atoms in total. The topological polar surface area (TPSA) is 0 Å². The van der Waals surface area contributed by atoms with Gasteiger partial charge in [0.1, 0.15) is 0 Å². The zero-order chi connectivity index (χ0) is 8.20. The Kier molecular flexibility index (Phi) is 4.87. The molecule has 0 aliphatic carbocycles. The summed E-state index contributed by atoms with van der Waals surface area (Å²) in [7, 11) is 0. The van der Waals surface area contributed by atoms with Crippen LogP contribution in [0.15, 0.2) is 0 Å². The molecule has 0 unspecified atom stereocenters. The molecule has 0 saturated carbocycles. The summed E-state index contributed by atoms with van der Waals surface area (Å²) in [6, 6.07) is 0. The minimum atomic E-state index is 0.432. The number of thioether (sulfide) groups is 2. The molecular formula is C8H18S2. The standard InChI is InChI=1S/C8H18S2/c1-7(2)9-6-10-8(3,4)5/h7H,6H2,1-5H3. The van der Waals surface area contributed by atoms with Gasteiger partial charge in [-0.1, -0.05) is 34.6 Å². The smallest absolute Gasteiger partial charge is 0.0399 e. The first-order valence-corrected chi connectivity index (χ1v) is 5.71. The Morgan fingerprint density at radius 3 is 2.00 bits per heavy atom. The number of hydrogen-bond acceptors (Lipinski definition) is 2. The van der Waals surface area contributed by atoms with E-state index in [2.05, 4.69) is 34.6 Å². The van der Waals surface area contributed by atoms with Gasteiger partial charge in [0.05, 0.1) is 0 Å². The van der Waals surface area contributed by atoms with Crippen molar-refractivity contribution < 1.29 is 0 Å². The molecule has 10 heavy (non-hydrogen) atoms. The minimum Gasteiger partial charge on any atom is -0.148 e. The van der Waals surface area contributed by atoms with E-state index in [0.29, 0.717) is 4.75 Å². The van der Waals surface area contributed by atoms with Crippen molar-refractivity contribution in [2.24, 2.45) is 0 Å². The van der Waals surface area contributed by atoms with Gasteiger partial charge in [0.25, 0.3) is 0 Å². The van der Waals surface area contributed by atoms with Crippen molar-refractivity contribution in [1.82, 2.24) is 0 Å². The second-order valence-electron chi connectivity index (χ2n) is 3.59. The van der Waals surface area contributed by atoms with Crippen LogP contribution in [0.2, 0.25) is 0 Å². The Hall–Kier alpha value is 0.700. The Morgan fingerprint density at radius 1 is 1.20 bits per heavy atom. The van der Waals surface area contributed by atoms with E-state index in [1.54, 1.807) is 0 Å². The van der Waals surface area contributed by atoms with Gasteiger partial charge in [0, 0.05) is 9.83 Å². The van der Waals surface area contributed by atoms with E-state index in [9.17, 15) is 0 Å². The Labute approximate surface area is 73.5 Å². The molecule has 0 aliphatic heterocycles. The van der Waals surface area contributed by atoms with Crippen LogP contribution in [0.25, 0.3) is 0 Å². The molecule has 0 saturated heterocycles. The molecule has 0 aliphatic rings. The van der Waals surface area contributed by atoms with Gasteiger partial charge in [-0.05, 0) is 5.25 Å². The van der Waals surface area contributed by atoms with Gasteiger partial charge < -0.3 is 0 Å². The van der Waals surface area contributed by atoms with E-state index in [1.807, 2.05) is 23.5 Å². The largest absolute Gasteiger partial charge is 0.148 e. The zero-order valence-corrected chi connectivity index (χ0v) is 9.23. The van der Waals surface area contributed by atoms with Gasteiger partial charge in [0.15, 0.2) is 0 Å². The first-order chi connectivity index (χ1) is 4.42. The monoisotopic (exact) mass is 178 g/mol. The number of rotatable bonds is 3. The molecule has 0 fully saturated rings. The second kappa shape index (κ2) is 4.55. The zero-order valence-electron chi connectivity index (χ0n) is 7.60. The van der Waals surface area contributed by atoms with Crippen LogP contribution in [-0.2, 0) is 0 Å². The molecule has 0 radical (unpaired) electrons. The number of hydrogen-bond donors (Lipinski definition) is 0. The Morgan fingerprint density at radius 2 is 1.70 bits per heavy atom. The fourth-order valence-electron chi connectivity index (χ4n) is 0.347. The predicted octanol–water partition coefficient (Wildman–Crippen LogP) is 3.62. The third kappa shape index (κ3) is 8.70. The Bertz CT molecular complexity index is 81.7. The molecule has 0 aromatic heterocycles. The predicted molar refractivity (Wildman–Crippen MR) is 54.9 cm³/mol. The molecule has 2 heteroatoms. The van der Waals surface area contributed by atoms with Crippen LogP contribution in [0, 0.1) is 0 Å². The second-order valence-corrected chi connectivity index (χ2v) is 7.32. The normalized spacial score (nSPS) is 12.6. The third-order valence-electron chi connectivity index (χ3n) is 0.893. The molecule has 0 amide bonds. The minimum absolute atomic E-state index is 0.432. The van der Waals surface area contributed by atoms with Crippen molar-refractivity contribution >= 4 is 23.5 Å². The van der Waals surface area contributed by atoms with Crippen molar-refractivity contribution in [1.29, 1.82) is 0 Å². The van der Waals surface area contributed by atoms with Crippen molar-refractivity contribution in [2.75, 3.05) is 5.08 Å². The summed E-state index contributed by atoms with van der Waals surface area (Å²) >= 11 is 4.05. The lowest BCUT2D eigenvalue weighted by atomic mass is 10.3. The van der Waals surface area contributed by atoms with Gasteiger partial charge >= 0.3 is 0 Å². The molecule has 0 heterocycles. The molecule has 0 rings (SSSR count). The molecular weight excluding hydrogens is 160 g/mol. The quantitative estimate of drug-likeness (QED) is 0.605. The molecule has 0 N–H and O–H groups in total. The van der Waals surface area contributed by atoms with Crippen LogP contribution in [0.5, 0.6) is 0 Å². The summed E-state index contributed by atoms with van der Waals surface area (Å²) in [5, 5.41) is 2.00. The fraction of sp³-hybridized carbons (Fsp3) is 1.00. The van der Waals surface area contributed by atoms with E-state index in [0.717, 1.165) is 5.25 Å². The van der Waals surface area contributed by atoms with Crippen LogP contribution in [0.4, 0.5) is 0 Å². The van der Waals surface area contributed by atoms with Gasteiger partial charge in [-0.15, -0.1) is 23.5 Å². The highest BCUT2D eigenvalue weighted by Crippen LogP contribution is 2.28. The summed E-state index contributed by atoms with van der Waals surface area (Å²) < 4.78 is 0.432. The fourth-order valence-corrected chi connectivity index (χ4v) is 3.12. The Balaban J connectivity index is 3.21. The average molecular weight is 178 g/mol.